The van der Waals surface area contributed by atoms with Gasteiger partial charge in [-0.05, 0) is 68.9 Å². The molecule has 0 saturated carbocycles. The zero-order valence-corrected chi connectivity index (χ0v) is 44.7. The number of urea groups is 1. The van der Waals surface area contributed by atoms with Gasteiger partial charge in [-0.25, -0.2) is 15.2 Å². The number of benzene rings is 1. The monoisotopic (exact) mass is 1020 g/mol. The Morgan fingerprint density at radius 1 is 1.10 bits per heavy atom. The van der Waals surface area contributed by atoms with E-state index in [1.54, 1.807) is 20.4 Å². The lowest BCUT2D eigenvalue weighted by Gasteiger charge is -2.48. The average Bonchev–Trinajstić information content (AvgIpc) is 3.84. The number of methoxy groups -OCH3 is 2. The smallest absolute Gasteiger partial charge is 0.324 e. The number of ether oxygens (including phenoxy) is 3. The van der Waals surface area contributed by atoms with Crippen LogP contribution in [0.15, 0.2) is 41.9 Å². The Labute approximate surface area is 426 Å². The van der Waals surface area contributed by atoms with Gasteiger partial charge in [-0.1, -0.05) is 33.8 Å². The molecule has 1 aromatic carbocycles. The number of thiazole rings is 1. The van der Waals surface area contributed by atoms with Gasteiger partial charge in [0.1, 0.15) is 23.7 Å². The Morgan fingerprint density at radius 2 is 1.82 bits per heavy atom. The minimum absolute atomic E-state index is 0. The van der Waals surface area contributed by atoms with Gasteiger partial charge in [0.25, 0.3) is 5.91 Å². The Kier molecular flexibility index (Phi) is 20.6. The van der Waals surface area contributed by atoms with E-state index in [4.69, 9.17) is 24.2 Å². The standard InChI is InChI=1S/C46H62N8O8S.4H2S/c1-10-53-36-16-15-29-19-31(36)32(40(53)30-13-11-17-47-38(30)28(4)61-9)21-45(5,6)25-62-43(57)33-14-12-18-54(50-33)42(56)34(20-37-48-35(29)22-63-37)49-41(55)39(27(2)3)51(7)44(58)52-23-46(59,24-52)26-60-8;;;;/h11,13,15-17,19,22,27-28,33-34,39,50,59H,10,12,14,18,20-21,23-26H2,1-9H3,(H,49,55);4*1H2/t28-,33-,34-,39-;;;;/m0..../s1. The van der Waals surface area contributed by atoms with Crippen LogP contribution in [0.1, 0.15) is 76.8 Å². The van der Waals surface area contributed by atoms with Crippen LogP contribution in [-0.4, -0.2) is 136 Å². The third-order valence-electron chi connectivity index (χ3n) is 12.4. The van der Waals surface area contributed by atoms with Crippen molar-refractivity contribution < 1.29 is 38.5 Å². The number of likely N-dealkylation sites (tertiary alicyclic amines) is 1. The predicted molar refractivity (Wildman–Crippen MR) is 281 cm³/mol. The minimum Gasteiger partial charge on any atom is -0.464 e. The summed E-state index contributed by atoms with van der Waals surface area (Å²) in [5.41, 5.74) is 8.09. The number of aliphatic hydroxyl groups is 1. The Balaban J connectivity index is 0.00000298. The topological polar surface area (TPSA) is 181 Å². The Morgan fingerprint density at radius 3 is 2.48 bits per heavy atom. The molecule has 67 heavy (non-hydrogen) atoms. The van der Waals surface area contributed by atoms with E-state index in [0.717, 1.165) is 44.7 Å². The van der Waals surface area contributed by atoms with E-state index in [2.05, 4.69) is 60.3 Å². The first-order valence-electron chi connectivity index (χ1n) is 21.8. The third-order valence-corrected chi connectivity index (χ3v) is 13.3. The molecule has 16 nitrogen and oxygen atoms in total. The second-order valence-corrected chi connectivity index (χ2v) is 19.3. The van der Waals surface area contributed by atoms with Gasteiger partial charge in [0.15, 0.2) is 0 Å². The molecule has 2 saturated heterocycles. The van der Waals surface area contributed by atoms with Gasteiger partial charge in [-0.15, -0.1) is 11.3 Å². The molecule has 6 heterocycles. The van der Waals surface area contributed by atoms with Crippen molar-refractivity contribution in [3.8, 4) is 22.5 Å². The molecule has 3 aliphatic rings. The molecule has 3 N–H and O–H groups in total. The SMILES string of the molecule is CCn1c(-c2cccnc2[C@H](C)OC)c2c3cc(ccc31)-c1csc(n1)C[C@H](NC(=O)[C@H](C(C)C)N(C)C(=O)N1CC(O)(COC)C1)C(=O)N1CCC[C@H](N1)C(=O)OCC(C)(C)C2.S.S.S.S. The number of pyridine rings is 1. The number of aromatic nitrogens is 3. The van der Waals surface area contributed by atoms with Crippen LogP contribution in [0, 0.1) is 11.3 Å². The molecule has 4 amide bonds. The summed E-state index contributed by atoms with van der Waals surface area (Å²) in [4.78, 5) is 69.0. The van der Waals surface area contributed by atoms with Crippen LogP contribution in [0.2, 0.25) is 0 Å². The first-order valence-corrected chi connectivity index (χ1v) is 22.7. The van der Waals surface area contributed by atoms with Crippen LogP contribution in [0.5, 0.6) is 0 Å². The summed E-state index contributed by atoms with van der Waals surface area (Å²) in [6.07, 6.45) is 3.18. The number of hydrazine groups is 1. The molecule has 3 aromatic heterocycles. The highest BCUT2D eigenvalue weighted by Gasteiger charge is 2.46. The zero-order chi connectivity index (χ0) is 45.4. The fraction of sp³-hybridized carbons (Fsp3) is 0.565. The number of fused-ring (bicyclic) bond motifs is 6. The van der Waals surface area contributed by atoms with Crippen molar-refractivity contribution in [1.29, 1.82) is 0 Å². The van der Waals surface area contributed by atoms with Gasteiger partial charge < -0.3 is 39.0 Å². The Bertz CT molecular complexity index is 2360. The van der Waals surface area contributed by atoms with Crippen molar-refractivity contribution >= 4 is 100 Å². The summed E-state index contributed by atoms with van der Waals surface area (Å²) in [5.74, 6) is -1.73. The molecule has 4 atom stereocenters. The molecule has 0 aliphatic carbocycles. The summed E-state index contributed by atoms with van der Waals surface area (Å²) in [6, 6.07) is 7.15. The third kappa shape index (κ3) is 12.3. The lowest BCUT2D eigenvalue weighted by atomic mass is 9.84. The van der Waals surface area contributed by atoms with E-state index in [1.807, 2.05) is 32.2 Å². The highest BCUT2D eigenvalue weighted by Crippen LogP contribution is 2.42. The molecule has 4 aromatic rings. The van der Waals surface area contributed by atoms with Crippen LogP contribution in [0.4, 0.5) is 4.79 Å². The van der Waals surface area contributed by atoms with Crippen LogP contribution in [0.25, 0.3) is 33.4 Å². The minimum atomic E-state index is -1.14. The number of nitrogens with zero attached hydrogens (tertiary/aromatic N) is 6. The van der Waals surface area contributed by atoms with Gasteiger partial charge in [-0.2, -0.15) is 54.0 Å². The number of carbonyl (C=O) groups is 4. The van der Waals surface area contributed by atoms with Gasteiger partial charge >= 0.3 is 12.0 Å². The summed E-state index contributed by atoms with van der Waals surface area (Å²) >= 11 is 1.40. The largest absolute Gasteiger partial charge is 0.464 e. The molecule has 6 bridgehead atoms. The normalized spacial score (nSPS) is 19.8. The number of cyclic esters (lactones) is 1. The maximum atomic E-state index is 14.5. The lowest BCUT2D eigenvalue weighted by molar-refractivity contribution is -0.155. The van der Waals surface area contributed by atoms with Gasteiger partial charge in [0.05, 0.1) is 54.5 Å². The van der Waals surface area contributed by atoms with Crippen molar-refractivity contribution in [2.75, 3.05) is 54.1 Å². The van der Waals surface area contributed by atoms with Gasteiger partial charge in [0, 0.05) is 79.8 Å². The number of amides is 4. The van der Waals surface area contributed by atoms with E-state index in [-0.39, 0.29) is 98.7 Å². The van der Waals surface area contributed by atoms with Crippen LogP contribution < -0.4 is 10.7 Å². The van der Waals surface area contributed by atoms with Crippen LogP contribution >= 0.6 is 65.3 Å². The maximum Gasteiger partial charge on any atom is 0.324 e. The maximum absolute atomic E-state index is 14.5. The lowest BCUT2D eigenvalue weighted by Crippen LogP contribution is -2.69. The fourth-order valence-electron chi connectivity index (χ4n) is 9.25. The van der Waals surface area contributed by atoms with Crippen LogP contribution in [0.3, 0.4) is 0 Å². The second-order valence-electron chi connectivity index (χ2n) is 18.4. The fourth-order valence-corrected chi connectivity index (χ4v) is 10.1. The number of hydrogen-bond acceptors (Lipinski definition) is 12. The summed E-state index contributed by atoms with van der Waals surface area (Å²) in [6.45, 7) is 13.3. The summed E-state index contributed by atoms with van der Waals surface area (Å²) < 4.78 is 19.3. The van der Waals surface area contributed by atoms with E-state index in [9.17, 15) is 24.3 Å². The molecule has 0 spiro atoms. The average molecular weight is 1020 g/mol. The molecule has 0 radical (unpaired) electrons. The molecular formula is C46H70N8O8S5. The molecule has 3 aliphatic heterocycles. The van der Waals surface area contributed by atoms with Crippen LogP contribution in [-0.2, 0) is 48.0 Å². The van der Waals surface area contributed by atoms with Crippen molar-refractivity contribution in [1.82, 2.24) is 40.1 Å². The highest BCUT2D eigenvalue weighted by molar-refractivity contribution is 7.59. The van der Waals surface area contributed by atoms with Gasteiger partial charge in [-0.3, -0.25) is 24.4 Å². The molecule has 21 heteroatoms. The van der Waals surface area contributed by atoms with E-state index < -0.39 is 53.0 Å². The van der Waals surface area contributed by atoms with Crippen molar-refractivity contribution in [3.63, 3.8) is 0 Å². The number of nitrogens with one attached hydrogen (secondary N) is 2. The molecule has 0 unspecified atom stereocenters. The predicted octanol–water partition coefficient (Wildman–Crippen LogP) is 5.42. The molecule has 2 fully saturated rings. The molecule has 7 rings (SSSR count). The molecular weight excluding hydrogens is 953 g/mol. The van der Waals surface area contributed by atoms with E-state index in [0.29, 0.717) is 37.4 Å². The van der Waals surface area contributed by atoms with Crippen molar-refractivity contribution in [2.45, 2.75) is 104 Å². The van der Waals surface area contributed by atoms with Crippen molar-refractivity contribution in [3.05, 3.63) is 58.2 Å². The van der Waals surface area contributed by atoms with Crippen molar-refractivity contribution in [2.24, 2.45) is 11.3 Å². The second kappa shape index (κ2) is 23.9. The summed E-state index contributed by atoms with van der Waals surface area (Å²) in [7, 11) is 4.72. The number of β-amino-alcohol motifs (C(OH)–C–C–N with tert-alkyl or cyclic N) is 1. The first kappa shape index (κ1) is 57.8. The van der Waals surface area contributed by atoms with Gasteiger partial charge in [0.2, 0.25) is 5.91 Å². The number of rotatable bonds is 10. The first-order chi connectivity index (χ1) is 30.0. The summed E-state index contributed by atoms with van der Waals surface area (Å²) in [5, 5.41) is 18.7. The van der Waals surface area contributed by atoms with E-state index in [1.165, 1.54) is 33.3 Å². The number of hydrogen-bond donors (Lipinski definition) is 3. The number of likely N-dealkylation sites (N-methyl/N-ethyl adjacent to an activating group) is 1. The quantitative estimate of drug-likeness (QED) is 0.173. The number of aryl methyl sites for hydroxylation is 1. The number of carbonyl (C=O) groups excluding carboxylic acids is 4. The Hall–Kier alpha value is -3.54. The highest BCUT2D eigenvalue weighted by atomic mass is 32.1. The number of esters is 1. The van der Waals surface area contributed by atoms with E-state index >= 15 is 0 Å². The zero-order valence-electron chi connectivity index (χ0n) is 39.9. The molecule has 372 valence electrons.